The average molecular weight is 440 g/mol. The van der Waals surface area contributed by atoms with E-state index in [4.69, 9.17) is 4.74 Å². The van der Waals surface area contributed by atoms with Crippen molar-refractivity contribution in [1.29, 1.82) is 0 Å². The number of aryl methyl sites for hydroxylation is 1. The van der Waals surface area contributed by atoms with Gasteiger partial charge in [0, 0.05) is 25.4 Å². The highest BCUT2D eigenvalue weighted by atomic mass is 32.2. The summed E-state index contributed by atoms with van der Waals surface area (Å²) < 4.78 is 32.6. The molecule has 1 aromatic heterocycles. The fourth-order valence-corrected chi connectivity index (χ4v) is 5.23. The molecule has 158 valence electrons. The number of thioether (sulfide) groups is 1. The third kappa shape index (κ3) is 5.94. The highest BCUT2D eigenvalue weighted by molar-refractivity contribution is 7.99. The maximum Gasteiger partial charge on any atom is 0.257 e. The maximum atomic E-state index is 12.8. The van der Waals surface area contributed by atoms with E-state index in [0.29, 0.717) is 41.9 Å². The van der Waals surface area contributed by atoms with Crippen LogP contribution in [0.3, 0.4) is 0 Å². The molecule has 0 unspecified atom stereocenters. The van der Waals surface area contributed by atoms with Crippen LogP contribution in [0.15, 0.2) is 34.6 Å². The van der Waals surface area contributed by atoms with Crippen molar-refractivity contribution in [3.05, 3.63) is 30.1 Å². The van der Waals surface area contributed by atoms with Gasteiger partial charge in [-0.15, -0.1) is 0 Å². The molecule has 1 aliphatic heterocycles. The summed E-state index contributed by atoms with van der Waals surface area (Å²) in [6, 6.07) is 4.75. The molecule has 3 rings (SSSR count). The lowest BCUT2D eigenvalue weighted by Crippen LogP contribution is -2.35. The minimum atomic E-state index is -3.48. The van der Waals surface area contributed by atoms with Crippen molar-refractivity contribution in [1.82, 2.24) is 24.8 Å². The van der Waals surface area contributed by atoms with Gasteiger partial charge in [0.1, 0.15) is 12.1 Å². The van der Waals surface area contributed by atoms with Crippen molar-refractivity contribution in [2.75, 3.05) is 32.0 Å². The highest BCUT2D eigenvalue weighted by Crippen LogP contribution is 2.25. The summed E-state index contributed by atoms with van der Waals surface area (Å²) in [5.41, 5.74) is 0.678. The van der Waals surface area contributed by atoms with E-state index in [0.717, 1.165) is 19.3 Å². The van der Waals surface area contributed by atoms with Crippen molar-refractivity contribution in [2.45, 2.75) is 36.2 Å². The predicted molar refractivity (Wildman–Crippen MR) is 109 cm³/mol. The number of ether oxygens (including phenoxy) is 1. The van der Waals surface area contributed by atoms with Crippen LogP contribution in [0, 0.1) is 6.92 Å². The van der Waals surface area contributed by atoms with Gasteiger partial charge < -0.3 is 10.1 Å². The fraction of sp³-hybridized carbons (Fsp3) is 0.500. The first-order valence-electron chi connectivity index (χ1n) is 9.45. The number of carbonyl (C=O) groups excluding carboxylic acids is 1. The zero-order valence-electron chi connectivity index (χ0n) is 16.3. The van der Waals surface area contributed by atoms with Gasteiger partial charge >= 0.3 is 0 Å². The van der Waals surface area contributed by atoms with E-state index in [1.807, 2.05) is 0 Å². The van der Waals surface area contributed by atoms with Crippen molar-refractivity contribution >= 4 is 27.7 Å². The minimum absolute atomic E-state index is 0.133. The molecule has 0 bridgehead atoms. The van der Waals surface area contributed by atoms with E-state index < -0.39 is 10.0 Å². The van der Waals surface area contributed by atoms with E-state index in [2.05, 4.69) is 20.5 Å². The van der Waals surface area contributed by atoms with Gasteiger partial charge in [-0.2, -0.15) is 9.40 Å². The van der Waals surface area contributed by atoms with Crippen LogP contribution < -0.4 is 10.1 Å². The van der Waals surface area contributed by atoms with Gasteiger partial charge in [-0.05, 0) is 43.5 Å². The Morgan fingerprint density at radius 2 is 2.10 bits per heavy atom. The first-order chi connectivity index (χ1) is 14.0. The number of amides is 1. The summed E-state index contributed by atoms with van der Waals surface area (Å²) in [4.78, 5) is 16.2. The second-order valence-corrected chi connectivity index (χ2v) is 9.69. The Labute approximate surface area is 174 Å². The number of nitrogens with zero attached hydrogens (tertiary/aromatic N) is 3. The Balaban J connectivity index is 1.48. The highest BCUT2D eigenvalue weighted by Gasteiger charge is 2.26. The monoisotopic (exact) mass is 439 g/mol. The molecule has 1 aliphatic rings. The quantitative estimate of drug-likeness (QED) is 0.450. The lowest BCUT2D eigenvalue weighted by molar-refractivity contribution is -0.122. The van der Waals surface area contributed by atoms with E-state index in [1.54, 1.807) is 19.1 Å². The number of aromatic amines is 1. The van der Waals surface area contributed by atoms with Gasteiger partial charge in [-0.3, -0.25) is 9.89 Å². The molecule has 0 spiro atoms. The molecular weight excluding hydrogens is 414 g/mol. The molecule has 2 N–H and O–H groups in total. The molecule has 1 fully saturated rings. The molecule has 0 radical (unpaired) electrons. The van der Waals surface area contributed by atoms with Gasteiger partial charge in [0.15, 0.2) is 11.8 Å². The SMILES string of the molecule is Cc1cc(S(=O)(=O)N2CCCCC2)ccc1OCC(=O)NCCSc1ncn[nH]1. The van der Waals surface area contributed by atoms with Gasteiger partial charge in [-0.1, -0.05) is 18.2 Å². The lowest BCUT2D eigenvalue weighted by atomic mass is 10.2. The molecule has 29 heavy (non-hydrogen) atoms. The summed E-state index contributed by atoms with van der Waals surface area (Å²) in [7, 11) is -3.48. The number of H-pyrrole nitrogens is 1. The molecule has 2 aromatic rings. The van der Waals surface area contributed by atoms with Crippen LogP contribution >= 0.6 is 11.8 Å². The number of aromatic nitrogens is 3. The van der Waals surface area contributed by atoms with Crippen molar-refractivity contribution < 1.29 is 17.9 Å². The fourth-order valence-electron chi connectivity index (χ4n) is 2.99. The molecule has 0 aliphatic carbocycles. The second kappa shape index (κ2) is 10.1. The molecule has 0 atom stereocenters. The largest absolute Gasteiger partial charge is 0.484 e. The van der Waals surface area contributed by atoms with Crippen LogP contribution in [0.4, 0.5) is 0 Å². The van der Waals surface area contributed by atoms with Crippen LogP contribution in [0.2, 0.25) is 0 Å². The van der Waals surface area contributed by atoms with E-state index in [1.165, 1.54) is 28.5 Å². The molecule has 2 heterocycles. The molecule has 9 nitrogen and oxygen atoms in total. The summed E-state index contributed by atoms with van der Waals surface area (Å²) in [5, 5.41) is 9.95. The number of benzene rings is 1. The van der Waals surface area contributed by atoms with Gasteiger partial charge in [0.2, 0.25) is 10.0 Å². The first kappa shape index (κ1) is 21.6. The molecule has 1 saturated heterocycles. The molecule has 0 saturated carbocycles. The maximum absolute atomic E-state index is 12.8. The number of carbonyl (C=O) groups is 1. The summed E-state index contributed by atoms with van der Waals surface area (Å²) in [6.45, 7) is 3.24. The van der Waals surface area contributed by atoms with Gasteiger partial charge in [0.25, 0.3) is 5.91 Å². The lowest BCUT2D eigenvalue weighted by Gasteiger charge is -2.26. The summed E-state index contributed by atoms with van der Waals surface area (Å²) in [6.07, 6.45) is 4.29. The normalized spacial score (nSPS) is 15.2. The number of hydrogen-bond donors (Lipinski definition) is 2. The van der Waals surface area contributed by atoms with Crippen molar-refractivity contribution in [2.24, 2.45) is 0 Å². The molecular formula is C18H25N5O4S2. The zero-order chi connectivity index (χ0) is 20.7. The Hall–Kier alpha value is -2.11. The number of rotatable bonds is 9. The Morgan fingerprint density at radius 3 is 2.79 bits per heavy atom. The average Bonchev–Trinajstić information content (AvgIpc) is 3.24. The number of hydrogen-bond acceptors (Lipinski definition) is 7. The van der Waals surface area contributed by atoms with Crippen LogP contribution in [0.5, 0.6) is 5.75 Å². The van der Waals surface area contributed by atoms with Crippen LogP contribution in [0.1, 0.15) is 24.8 Å². The third-order valence-corrected chi connectivity index (χ3v) is 7.29. The second-order valence-electron chi connectivity index (χ2n) is 6.67. The smallest absolute Gasteiger partial charge is 0.257 e. The Bertz CT molecular complexity index is 912. The third-order valence-electron chi connectivity index (χ3n) is 4.51. The summed E-state index contributed by atoms with van der Waals surface area (Å²) in [5.74, 6) is 0.907. The van der Waals surface area contributed by atoms with Crippen molar-refractivity contribution in [3.8, 4) is 5.75 Å². The van der Waals surface area contributed by atoms with Crippen LogP contribution in [-0.2, 0) is 14.8 Å². The van der Waals surface area contributed by atoms with Crippen LogP contribution in [-0.4, -0.2) is 65.8 Å². The Kier molecular flexibility index (Phi) is 7.51. The summed E-state index contributed by atoms with van der Waals surface area (Å²) >= 11 is 1.46. The minimum Gasteiger partial charge on any atom is -0.484 e. The zero-order valence-corrected chi connectivity index (χ0v) is 17.9. The van der Waals surface area contributed by atoms with E-state index in [9.17, 15) is 13.2 Å². The predicted octanol–water partition coefficient (Wildman–Crippen LogP) is 1.58. The molecule has 1 amide bonds. The number of nitrogens with one attached hydrogen (secondary N) is 2. The first-order valence-corrected chi connectivity index (χ1v) is 11.9. The van der Waals surface area contributed by atoms with Gasteiger partial charge in [-0.25, -0.2) is 13.4 Å². The Morgan fingerprint density at radius 1 is 1.31 bits per heavy atom. The molecule has 11 heteroatoms. The number of piperidine rings is 1. The topological polar surface area (TPSA) is 117 Å². The van der Waals surface area contributed by atoms with E-state index in [-0.39, 0.29) is 17.4 Å². The van der Waals surface area contributed by atoms with Gasteiger partial charge in [0.05, 0.1) is 4.90 Å². The molecule has 1 aromatic carbocycles. The van der Waals surface area contributed by atoms with Crippen LogP contribution in [0.25, 0.3) is 0 Å². The van der Waals surface area contributed by atoms with E-state index >= 15 is 0 Å². The van der Waals surface area contributed by atoms with Crippen molar-refractivity contribution in [3.63, 3.8) is 0 Å². The standard InChI is InChI=1S/C18H25N5O4S2/c1-14-11-15(29(25,26)23-8-3-2-4-9-23)5-6-16(14)27-12-17(24)19-7-10-28-18-20-13-21-22-18/h5-6,11,13H,2-4,7-10,12H2,1H3,(H,19,24)(H,20,21,22). The number of sulfonamides is 1.